The zero-order valence-electron chi connectivity index (χ0n) is 10.5. The molecule has 0 radical (unpaired) electrons. The quantitative estimate of drug-likeness (QED) is 0.820. The molecule has 0 atom stereocenters. The van der Waals surface area contributed by atoms with E-state index in [1.54, 1.807) is 0 Å². The summed E-state index contributed by atoms with van der Waals surface area (Å²) >= 11 is 0. The van der Waals surface area contributed by atoms with Gasteiger partial charge in [0.1, 0.15) is 5.82 Å². The van der Waals surface area contributed by atoms with Crippen molar-refractivity contribution in [2.24, 2.45) is 5.92 Å². The highest BCUT2D eigenvalue weighted by atomic mass is 14.9. The number of aromatic nitrogens is 2. The molecule has 1 aliphatic rings. The fourth-order valence-electron chi connectivity index (χ4n) is 2.09. The maximum atomic E-state index is 4.63. The van der Waals surface area contributed by atoms with Crippen LogP contribution in [0.4, 0.5) is 0 Å². The molecule has 16 heavy (non-hydrogen) atoms. The Bertz CT molecular complexity index is 346. The molecule has 1 saturated carbocycles. The molecule has 0 bridgehead atoms. The van der Waals surface area contributed by atoms with E-state index in [-0.39, 0.29) is 0 Å². The first-order valence-corrected chi connectivity index (χ1v) is 6.18. The van der Waals surface area contributed by atoms with E-state index < -0.39 is 0 Å². The lowest BCUT2D eigenvalue weighted by Gasteiger charge is -2.10. The number of likely N-dealkylation sites (N-methyl/N-ethyl adjacent to an activating group) is 1. The zero-order chi connectivity index (χ0) is 11.5. The van der Waals surface area contributed by atoms with Crippen molar-refractivity contribution in [1.82, 2.24) is 15.3 Å². The van der Waals surface area contributed by atoms with Crippen molar-refractivity contribution < 1.29 is 0 Å². The molecule has 88 valence electrons. The van der Waals surface area contributed by atoms with Crippen molar-refractivity contribution in [2.45, 2.75) is 39.5 Å². The topological polar surface area (TPSA) is 37.8 Å². The van der Waals surface area contributed by atoms with Crippen LogP contribution in [-0.4, -0.2) is 23.6 Å². The van der Waals surface area contributed by atoms with Crippen LogP contribution in [0.15, 0.2) is 0 Å². The summed E-state index contributed by atoms with van der Waals surface area (Å²) in [5, 5.41) is 3.17. The standard InChI is InChI=1S/C13H21N3/c1-9-12(6-7-14-3)10(2)16-13(15-9)8-11-4-5-11/h11,14H,4-8H2,1-3H3. The zero-order valence-corrected chi connectivity index (χ0v) is 10.5. The Labute approximate surface area is 97.7 Å². The SMILES string of the molecule is CNCCc1c(C)nc(CC2CC2)nc1C. The number of nitrogens with one attached hydrogen (secondary N) is 1. The van der Waals surface area contributed by atoms with Gasteiger partial charge in [0.25, 0.3) is 0 Å². The lowest BCUT2D eigenvalue weighted by atomic mass is 10.1. The van der Waals surface area contributed by atoms with E-state index in [0.717, 1.165) is 31.1 Å². The van der Waals surface area contributed by atoms with Gasteiger partial charge in [-0.2, -0.15) is 0 Å². The van der Waals surface area contributed by atoms with Crippen LogP contribution in [0.3, 0.4) is 0 Å². The molecule has 1 heterocycles. The molecule has 1 aromatic rings. The van der Waals surface area contributed by atoms with Gasteiger partial charge in [0.2, 0.25) is 0 Å². The minimum absolute atomic E-state index is 0.863. The summed E-state index contributed by atoms with van der Waals surface area (Å²) in [6, 6.07) is 0. The Morgan fingerprint density at radius 1 is 1.19 bits per heavy atom. The van der Waals surface area contributed by atoms with E-state index >= 15 is 0 Å². The fraction of sp³-hybridized carbons (Fsp3) is 0.692. The van der Waals surface area contributed by atoms with Gasteiger partial charge in [-0.3, -0.25) is 0 Å². The summed E-state index contributed by atoms with van der Waals surface area (Å²) in [7, 11) is 1.98. The second kappa shape index (κ2) is 4.91. The van der Waals surface area contributed by atoms with Crippen molar-refractivity contribution in [3.8, 4) is 0 Å². The third kappa shape index (κ3) is 2.79. The Balaban J connectivity index is 2.13. The molecule has 1 aliphatic carbocycles. The normalized spacial score (nSPS) is 15.4. The van der Waals surface area contributed by atoms with Crippen LogP contribution >= 0.6 is 0 Å². The summed E-state index contributed by atoms with van der Waals surface area (Å²) in [4.78, 5) is 9.26. The molecule has 1 aromatic heterocycles. The summed E-state index contributed by atoms with van der Waals surface area (Å²) in [6.45, 7) is 5.21. The molecule has 0 unspecified atom stereocenters. The van der Waals surface area contributed by atoms with Crippen LogP contribution in [-0.2, 0) is 12.8 Å². The minimum Gasteiger partial charge on any atom is -0.319 e. The van der Waals surface area contributed by atoms with Crippen molar-refractivity contribution in [2.75, 3.05) is 13.6 Å². The molecule has 3 nitrogen and oxygen atoms in total. The molecule has 0 aliphatic heterocycles. The third-order valence-corrected chi connectivity index (χ3v) is 3.26. The second-order valence-corrected chi connectivity index (χ2v) is 4.79. The van der Waals surface area contributed by atoms with Gasteiger partial charge in [-0.15, -0.1) is 0 Å². The fourth-order valence-corrected chi connectivity index (χ4v) is 2.09. The van der Waals surface area contributed by atoms with Crippen LogP contribution in [0.5, 0.6) is 0 Å². The van der Waals surface area contributed by atoms with Crippen LogP contribution in [0.1, 0.15) is 35.6 Å². The van der Waals surface area contributed by atoms with Crippen molar-refractivity contribution in [1.29, 1.82) is 0 Å². The van der Waals surface area contributed by atoms with Gasteiger partial charge in [-0.25, -0.2) is 9.97 Å². The summed E-state index contributed by atoms with van der Waals surface area (Å²) in [5.41, 5.74) is 3.64. The average Bonchev–Trinajstić information content (AvgIpc) is 3.00. The van der Waals surface area contributed by atoms with E-state index in [9.17, 15) is 0 Å². The highest BCUT2D eigenvalue weighted by Gasteiger charge is 2.23. The van der Waals surface area contributed by atoms with Gasteiger partial charge in [0.05, 0.1) is 0 Å². The molecule has 3 heteroatoms. The maximum Gasteiger partial charge on any atom is 0.129 e. The number of hydrogen-bond acceptors (Lipinski definition) is 3. The Kier molecular flexibility index (Phi) is 3.54. The highest BCUT2D eigenvalue weighted by Crippen LogP contribution is 2.31. The lowest BCUT2D eigenvalue weighted by molar-refractivity contribution is 0.732. The monoisotopic (exact) mass is 219 g/mol. The lowest BCUT2D eigenvalue weighted by Crippen LogP contribution is -2.14. The van der Waals surface area contributed by atoms with Crippen LogP contribution in [0, 0.1) is 19.8 Å². The van der Waals surface area contributed by atoms with Crippen molar-refractivity contribution in [3.63, 3.8) is 0 Å². The highest BCUT2D eigenvalue weighted by molar-refractivity contribution is 5.25. The van der Waals surface area contributed by atoms with E-state index in [2.05, 4.69) is 29.1 Å². The van der Waals surface area contributed by atoms with E-state index in [1.807, 2.05) is 7.05 Å². The van der Waals surface area contributed by atoms with E-state index in [4.69, 9.17) is 0 Å². The van der Waals surface area contributed by atoms with Gasteiger partial charge in [0, 0.05) is 17.8 Å². The largest absolute Gasteiger partial charge is 0.319 e. The molecule has 2 rings (SSSR count). The van der Waals surface area contributed by atoms with Crippen LogP contribution < -0.4 is 5.32 Å². The van der Waals surface area contributed by atoms with Crippen LogP contribution in [0.2, 0.25) is 0 Å². The minimum atomic E-state index is 0.863. The van der Waals surface area contributed by atoms with Gasteiger partial charge in [-0.05, 0) is 58.2 Å². The molecule has 0 amide bonds. The number of rotatable bonds is 5. The predicted octanol–water partition coefficient (Wildman–Crippen LogP) is 1.81. The smallest absolute Gasteiger partial charge is 0.129 e. The number of hydrogen-bond donors (Lipinski definition) is 1. The molecule has 1 fully saturated rings. The Morgan fingerprint density at radius 3 is 2.31 bits per heavy atom. The Morgan fingerprint density at radius 2 is 1.81 bits per heavy atom. The van der Waals surface area contributed by atoms with Crippen molar-refractivity contribution >= 4 is 0 Å². The number of aryl methyl sites for hydroxylation is 2. The molecule has 0 saturated heterocycles. The first-order valence-electron chi connectivity index (χ1n) is 6.18. The van der Waals surface area contributed by atoms with Gasteiger partial charge < -0.3 is 5.32 Å². The Hall–Kier alpha value is -0.960. The molecule has 0 spiro atoms. The maximum absolute atomic E-state index is 4.63. The summed E-state index contributed by atoms with van der Waals surface area (Å²) in [5.74, 6) is 1.91. The predicted molar refractivity (Wildman–Crippen MR) is 65.6 cm³/mol. The van der Waals surface area contributed by atoms with Crippen molar-refractivity contribution in [3.05, 3.63) is 22.8 Å². The first kappa shape index (κ1) is 11.5. The molecular weight excluding hydrogens is 198 g/mol. The summed E-state index contributed by atoms with van der Waals surface area (Å²) in [6.07, 6.45) is 4.83. The molecular formula is C13H21N3. The van der Waals surface area contributed by atoms with Gasteiger partial charge in [0.15, 0.2) is 0 Å². The van der Waals surface area contributed by atoms with Crippen LogP contribution in [0.25, 0.3) is 0 Å². The molecule has 0 aromatic carbocycles. The third-order valence-electron chi connectivity index (χ3n) is 3.26. The second-order valence-electron chi connectivity index (χ2n) is 4.79. The summed E-state index contributed by atoms with van der Waals surface area (Å²) < 4.78 is 0. The van der Waals surface area contributed by atoms with E-state index in [0.29, 0.717) is 0 Å². The van der Waals surface area contributed by atoms with E-state index in [1.165, 1.54) is 29.8 Å². The molecule has 1 N–H and O–H groups in total. The van der Waals surface area contributed by atoms with Gasteiger partial charge >= 0.3 is 0 Å². The first-order chi connectivity index (χ1) is 7.70. The number of nitrogens with zero attached hydrogens (tertiary/aromatic N) is 2. The average molecular weight is 219 g/mol. The van der Waals surface area contributed by atoms with Gasteiger partial charge in [-0.1, -0.05) is 0 Å².